The second kappa shape index (κ2) is 7.58. The Kier molecular flexibility index (Phi) is 4.89. The number of carbonyl (C=O) groups is 1. The van der Waals surface area contributed by atoms with Crippen LogP contribution in [0.25, 0.3) is 6.08 Å². The van der Waals surface area contributed by atoms with Crippen LogP contribution in [-0.4, -0.2) is 15.1 Å². The van der Waals surface area contributed by atoms with Gasteiger partial charge < -0.3 is 4.74 Å². The molecule has 1 amide bonds. The maximum Gasteiger partial charge on any atom is 0.267 e. The number of rotatable bonds is 2. The van der Waals surface area contributed by atoms with E-state index in [1.54, 1.807) is 4.90 Å². The highest BCUT2D eigenvalue weighted by Crippen LogP contribution is 2.50. The van der Waals surface area contributed by atoms with Gasteiger partial charge in [-0.05, 0) is 42.3 Å². The Labute approximate surface area is 189 Å². The van der Waals surface area contributed by atoms with Gasteiger partial charge in [0.25, 0.3) is 5.91 Å². The van der Waals surface area contributed by atoms with Crippen molar-refractivity contribution in [3.63, 3.8) is 0 Å². The maximum atomic E-state index is 13.5. The molecule has 5 rings (SSSR count). The quantitative estimate of drug-likeness (QED) is 0.320. The summed E-state index contributed by atoms with van der Waals surface area (Å²) in [6.07, 6.45) is 1.86. The summed E-state index contributed by atoms with van der Waals surface area (Å²) < 4.78 is 6.72. The molecule has 3 nitrogen and oxygen atoms in total. The first-order valence-electron chi connectivity index (χ1n) is 9.42. The summed E-state index contributed by atoms with van der Waals surface area (Å²) in [5.41, 5.74) is 3.80. The Morgan fingerprint density at radius 3 is 2.57 bits per heavy atom. The minimum atomic E-state index is -0.325. The van der Waals surface area contributed by atoms with Gasteiger partial charge in [-0.2, -0.15) is 0 Å². The van der Waals surface area contributed by atoms with E-state index in [1.165, 1.54) is 11.8 Å². The van der Waals surface area contributed by atoms with Crippen LogP contribution in [0.1, 0.15) is 28.3 Å². The molecular formula is C24H16ClNO2S2. The van der Waals surface area contributed by atoms with Crippen molar-refractivity contribution in [2.45, 2.75) is 13.0 Å². The van der Waals surface area contributed by atoms with E-state index < -0.39 is 0 Å². The Morgan fingerprint density at radius 1 is 1.03 bits per heavy atom. The molecule has 1 atom stereocenters. The second-order valence-corrected chi connectivity index (χ2v) is 9.25. The lowest BCUT2D eigenvalue weighted by Crippen LogP contribution is -2.35. The van der Waals surface area contributed by atoms with Crippen LogP contribution in [0.4, 0.5) is 0 Å². The number of halogens is 1. The third-order valence-electron chi connectivity index (χ3n) is 5.21. The van der Waals surface area contributed by atoms with Gasteiger partial charge in [0.1, 0.15) is 15.8 Å². The number of hydrogen-bond acceptors (Lipinski definition) is 4. The van der Waals surface area contributed by atoms with E-state index in [0.29, 0.717) is 14.2 Å². The number of amides is 1. The van der Waals surface area contributed by atoms with Crippen LogP contribution < -0.4 is 4.74 Å². The number of carbonyl (C=O) groups excluding carboxylic acids is 1. The number of nitrogens with zero attached hydrogens (tertiary/aromatic N) is 1. The number of para-hydroxylation sites is 2. The highest BCUT2D eigenvalue weighted by molar-refractivity contribution is 8.26. The van der Waals surface area contributed by atoms with E-state index in [0.717, 1.165) is 33.8 Å². The number of ether oxygens (including phenoxy) is 1. The maximum absolute atomic E-state index is 13.5. The van der Waals surface area contributed by atoms with Crippen molar-refractivity contribution in [2.75, 3.05) is 0 Å². The molecule has 148 valence electrons. The van der Waals surface area contributed by atoms with E-state index in [4.69, 9.17) is 28.6 Å². The van der Waals surface area contributed by atoms with Crippen LogP contribution in [-0.2, 0) is 4.79 Å². The molecule has 0 aliphatic carbocycles. The molecule has 1 fully saturated rings. The van der Waals surface area contributed by atoms with Gasteiger partial charge >= 0.3 is 0 Å². The van der Waals surface area contributed by atoms with Gasteiger partial charge in [-0.1, -0.05) is 84.1 Å². The number of benzene rings is 3. The van der Waals surface area contributed by atoms with E-state index in [2.05, 4.69) is 0 Å². The monoisotopic (exact) mass is 449 g/mol. The molecule has 0 bridgehead atoms. The first-order valence-corrected chi connectivity index (χ1v) is 11.0. The molecule has 1 saturated heterocycles. The minimum absolute atomic E-state index is 0.103. The predicted molar refractivity (Wildman–Crippen MR) is 126 cm³/mol. The summed E-state index contributed by atoms with van der Waals surface area (Å²) in [7, 11) is 0. The zero-order valence-corrected chi connectivity index (χ0v) is 18.4. The van der Waals surface area contributed by atoms with Gasteiger partial charge in [-0.25, -0.2) is 0 Å². The lowest BCUT2D eigenvalue weighted by Gasteiger charge is -2.34. The summed E-state index contributed by atoms with van der Waals surface area (Å²) in [6, 6.07) is 20.9. The number of thiocarbonyl (C=S) groups is 1. The molecule has 3 aromatic rings. The number of fused-ring (bicyclic) bond motifs is 2. The van der Waals surface area contributed by atoms with Crippen LogP contribution >= 0.6 is 35.6 Å². The highest BCUT2D eigenvalue weighted by atomic mass is 35.5. The van der Waals surface area contributed by atoms with Crippen molar-refractivity contribution in [2.24, 2.45) is 0 Å². The largest absolute Gasteiger partial charge is 0.456 e. The van der Waals surface area contributed by atoms with Crippen LogP contribution in [0.3, 0.4) is 0 Å². The third-order valence-corrected chi connectivity index (χ3v) is 6.79. The van der Waals surface area contributed by atoms with Gasteiger partial charge in [0.2, 0.25) is 0 Å². The molecule has 0 spiro atoms. The zero-order valence-electron chi connectivity index (χ0n) is 16.0. The summed E-state index contributed by atoms with van der Waals surface area (Å²) in [5, 5.41) is 0.658. The summed E-state index contributed by atoms with van der Waals surface area (Å²) in [5.74, 6) is 1.44. The lowest BCUT2D eigenvalue weighted by molar-refractivity contribution is -0.123. The average Bonchev–Trinajstić information content (AvgIpc) is 3.01. The van der Waals surface area contributed by atoms with Gasteiger partial charge in [0, 0.05) is 16.1 Å². The molecule has 0 saturated carbocycles. The molecule has 6 heteroatoms. The molecule has 2 aliphatic heterocycles. The highest BCUT2D eigenvalue weighted by Gasteiger charge is 2.42. The standard InChI is InChI=1S/C24H16ClNO2S2/c1-14-5-4-7-18-21(17-6-2-3-8-19(17)28-22(14)18)26-23(27)20(30-24(26)29)13-15-9-11-16(25)12-10-15/h2-13,21H,1H3/b20-13-. The fraction of sp³-hybridized carbons (Fsp3) is 0.0833. The molecule has 2 heterocycles. The fourth-order valence-corrected chi connectivity index (χ4v) is 5.24. The molecule has 0 N–H and O–H groups in total. The lowest BCUT2D eigenvalue weighted by atomic mass is 9.92. The normalized spacial score (nSPS) is 18.9. The Bertz CT molecular complexity index is 1220. The predicted octanol–water partition coefficient (Wildman–Crippen LogP) is 6.74. The average molecular weight is 450 g/mol. The van der Waals surface area contributed by atoms with E-state index in [1.807, 2.05) is 79.7 Å². The van der Waals surface area contributed by atoms with Crippen molar-refractivity contribution in [1.29, 1.82) is 0 Å². The van der Waals surface area contributed by atoms with Gasteiger partial charge in [0.05, 0.1) is 10.9 Å². The molecule has 0 radical (unpaired) electrons. The first-order chi connectivity index (χ1) is 14.5. The number of aryl methyl sites for hydroxylation is 1. The molecule has 0 aromatic heterocycles. The van der Waals surface area contributed by atoms with Crippen molar-refractivity contribution in [3.05, 3.63) is 98.9 Å². The Hall–Kier alpha value is -2.60. The number of hydrogen-bond donors (Lipinski definition) is 0. The van der Waals surface area contributed by atoms with Gasteiger partial charge in [-0.15, -0.1) is 0 Å². The van der Waals surface area contributed by atoms with Crippen molar-refractivity contribution >= 4 is 51.9 Å². The third kappa shape index (κ3) is 3.23. The van der Waals surface area contributed by atoms with Gasteiger partial charge in [-0.3, -0.25) is 9.69 Å². The smallest absolute Gasteiger partial charge is 0.267 e. The molecule has 3 aromatic carbocycles. The Morgan fingerprint density at radius 2 is 1.77 bits per heavy atom. The molecule has 30 heavy (non-hydrogen) atoms. The zero-order chi connectivity index (χ0) is 20.8. The Balaban J connectivity index is 1.60. The van der Waals surface area contributed by atoms with Crippen molar-refractivity contribution in [1.82, 2.24) is 4.90 Å². The van der Waals surface area contributed by atoms with Crippen LogP contribution in [0, 0.1) is 6.92 Å². The van der Waals surface area contributed by atoms with Crippen LogP contribution in [0.15, 0.2) is 71.6 Å². The number of thioether (sulfide) groups is 1. The van der Waals surface area contributed by atoms with E-state index in [9.17, 15) is 4.79 Å². The van der Waals surface area contributed by atoms with Gasteiger partial charge in [0.15, 0.2) is 0 Å². The first kappa shape index (κ1) is 19.4. The van der Waals surface area contributed by atoms with Crippen LogP contribution in [0.5, 0.6) is 11.5 Å². The van der Waals surface area contributed by atoms with E-state index >= 15 is 0 Å². The molecular weight excluding hydrogens is 434 g/mol. The minimum Gasteiger partial charge on any atom is -0.456 e. The fourth-order valence-electron chi connectivity index (χ4n) is 3.80. The SMILES string of the molecule is Cc1cccc2c1Oc1ccccc1C2N1C(=O)/C(=C/c2ccc(Cl)cc2)SC1=S. The summed E-state index contributed by atoms with van der Waals surface area (Å²) in [6.45, 7) is 2.01. The summed E-state index contributed by atoms with van der Waals surface area (Å²) in [4.78, 5) is 15.8. The topological polar surface area (TPSA) is 29.5 Å². The van der Waals surface area contributed by atoms with Crippen molar-refractivity contribution in [3.8, 4) is 11.5 Å². The summed E-state index contributed by atoms with van der Waals surface area (Å²) >= 11 is 13.0. The van der Waals surface area contributed by atoms with Crippen molar-refractivity contribution < 1.29 is 9.53 Å². The van der Waals surface area contributed by atoms with Crippen LogP contribution in [0.2, 0.25) is 5.02 Å². The second-order valence-electron chi connectivity index (χ2n) is 7.14. The molecule has 2 aliphatic rings. The van der Waals surface area contributed by atoms with E-state index in [-0.39, 0.29) is 11.9 Å². The molecule has 1 unspecified atom stereocenters.